The van der Waals surface area contributed by atoms with Gasteiger partial charge >= 0.3 is 0 Å². The molecule has 1 aromatic heterocycles. The Morgan fingerprint density at radius 2 is 1.34 bits per heavy atom. The van der Waals surface area contributed by atoms with Crippen molar-refractivity contribution in [3.8, 4) is 0 Å². The van der Waals surface area contributed by atoms with Crippen molar-refractivity contribution in [2.75, 3.05) is 0 Å². The number of aliphatic hydroxyl groups excluding tert-OH is 2. The lowest BCUT2D eigenvalue weighted by Gasteiger charge is -1.97. The van der Waals surface area contributed by atoms with Crippen LogP contribution in [0.3, 0.4) is 0 Å². The number of nitrogens with zero attached hydrogens (tertiary/aromatic N) is 1. The number of hydrogen-bond acceptors (Lipinski definition) is 6. The molecule has 1 atom stereocenters. The molecule has 0 spiro atoms. The second-order valence-electron chi connectivity index (χ2n) is 5.44. The van der Waals surface area contributed by atoms with E-state index in [-0.39, 0.29) is 17.8 Å². The average molecular weight is 661 g/mol. The van der Waals surface area contributed by atoms with Gasteiger partial charge in [0.15, 0.2) is 0 Å². The van der Waals surface area contributed by atoms with Crippen molar-refractivity contribution in [3.05, 3.63) is 85.1 Å². The van der Waals surface area contributed by atoms with Crippen molar-refractivity contribution in [3.63, 3.8) is 0 Å². The Labute approximate surface area is 231 Å². The van der Waals surface area contributed by atoms with Crippen molar-refractivity contribution < 1.29 is 28.5 Å². The zero-order valence-corrected chi connectivity index (χ0v) is 22.8. The predicted octanol–water partition coefficient (Wildman–Crippen LogP) is 3.97. The molecule has 0 bridgehead atoms. The van der Waals surface area contributed by atoms with Gasteiger partial charge in [-0.05, 0) is 43.0 Å². The van der Waals surface area contributed by atoms with Crippen LogP contribution in [0.5, 0.6) is 0 Å². The fraction of sp³-hybridized carbons (Fsp3) is 0.190. The Kier molecular flexibility index (Phi) is 28.2. The summed E-state index contributed by atoms with van der Waals surface area (Å²) in [5.74, 6) is 0.832. The molecule has 0 radical (unpaired) electrons. The molecule has 35 heavy (non-hydrogen) atoms. The number of benzene rings is 2. The van der Waals surface area contributed by atoms with Gasteiger partial charge in [-0.25, -0.2) is 18.5 Å². The van der Waals surface area contributed by atoms with Gasteiger partial charge in [-0.15, -0.1) is 0 Å². The highest BCUT2D eigenvalue weighted by Gasteiger charge is 2.07. The van der Waals surface area contributed by atoms with Crippen LogP contribution in [0.1, 0.15) is 30.6 Å². The zero-order chi connectivity index (χ0) is 25.7. The Morgan fingerprint density at radius 1 is 1.00 bits per heavy atom. The third kappa shape index (κ3) is 29.6. The van der Waals surface area contributed by atoms with Gasteiger partial charge in [-0.2, -0.15) is 0 Å². The molecular weight excluding hydrogens is 627 g/mol. The largest absolute Gasteiger partial charge is 0.487 e. The summed E-state index contributed by atoms with van der Waals surface area (Å²) in [5.41, 5.74) is 8.80. The number of aromatic nitrogens is 1. The summed E-state index contributed by atoms with van der Waals surface area (Å²) in [6.07, 6.45) is 4.36. The first-order valence-electron chi connectivity index (χ1n) is 8.99. The van der Waals surface area contributed by atoms with Crippen LogP contribution >= 0.6 is 47.0 Å². The van der Waals surface area contributed by atoms with E-state index in [2.05, 4.69) is 70.4 Å². The topological polar surface area (TPSA) is 210 Å². The van der Waals surface area contributed by atoms with E-state index in [4.69, 9.17) is 19.8 Å². The van der Waals surface area contributed by atoms with Crippen molar-refractivity contribution in [2.24, 2.45) is 16.6 Å². The van der Waals surface area contributed by atoms with Gasteiger partial charge in [-0.1, -0.05) is 91.5 Å². The van der Waals surface area contributed by atoms with E-state index in [1.165, 1.54) is 12.1 Å². The van der Waals surface area contributed by atoms with E-state index in [9.17, 15) is 8.42 Å². The molecule has 10 N–H and O–H groups in total. The summed E-state index contributed by atoms with van der Waals surface area (Å²) in [6, 6.07) is 19.9. The molecule has 0 aliphatic rings. The Hall–Kier alpha value is -2.37. The minimum atomic E-state index is -3.50. The van der Waals surface area contributed by atoms with Crippen LogP contribution in [0.25, 0.3) is 0 Å². The molecule has 14 heteroatoms. The maximum Gasteiger partial charge on any atom is 0.251 e. The molecule has 0 aliphatic heterocycles. The molecule has 3 rings (SSSR count). The lowest BCUT2D eigenvalue weighted by atomic mass is 10.3. The van der Waals surface area contributed by atoms with E-state index >= 15 is 0 Å². The molecule has 2 aromatic carbocycles. The molecule has 3 aromatic rings. The first kappa shape index (κ1) is 39.8. The maximum absolute atomic E-state index is 10.6. The number of oxazole rings is 1. The van der Waals surface area contributed by atoms with Crippen LogP contribution in [0.15, 0.2) is 88.5 Å². The number of rotatable bonds is 3. The van der Waals surface area contributed by atoms with Gasteiger partial charge in [0, 0.05) is 0 Å². The summed E-state index contributed by atoms with van der Waals surface area (Å²) >= 11 is 10.1. The van der Waals surface area contributed by atoms with Gasteiger partial charge in [0.1, 0.15) is 6.26 Å². The quantitative estimate of drug-likeness (QED) is 0.155. The molecule has 1 unspecified atom stereocenters. The summed E-state index contributed by atoms with van der Waals surface area (Å²) < 4.78 is 26.7. The fourth-order valence-corrected chi connectivity index (χ4v) is 2.40. The van der Waals surface area contributed by atoms with Crippen molar-refractivity contribution in [1.29, 1.82) is 0 Å². The number of primary sulfonamides is 1. The van der Waals surface area contributed by atoms with Crippen LogP contribution in [-0.2, 0) is 10.0 Å². The minimum Gasteiger partial charge on any atom is -0.487 e. The summed E-state index contributed by atoms with van der Waals surface area (Å²) in [6.45, 7) is 2.11. The van der Waals surface area contributed by atoms with Gasteiger partial charge in [0.25, 0.3) is 10.3 Å². The zero-order valence-electron chi connectivity index (χ0n) is 18.2. The second-order valence-corrected chi connectivity index (χ2v) is 9.34. The number of alkyl halides is 1. The lowest BCUT2D eigenvalue weighted by molar-refractivity contribution is 0.493. The third-order valence-corrected chi connectivity index (χ3v) is 5.16. The van der Waals surface area contributed by atoms with Gasteiger partial charge in [-0.3, -0.25) is 0 Å². The molecule has 10 nitrogen and oxygen atoms in total. The number of nitrogens with two attached hydrogens (primary N) is 3. The van der Waals surface area contributed by atoms with Crippen molar-refractivity contribution in [2.45, 2.75) is 29.6 Å². The van der Waals surface area contributed by atoms with Crippen LogP contribution in [0.2, 0.25) is 0 Å². The Morgan fingerprint density at radius 3 is 1.57 bits per heavy atom. The highest BCUT2D eigenvalue weighted by Crippen LogP contribution is 2.24. The number of sulfonamides is 1. The van der Waals surface area contributed by atoms with Gasteiger partial charge in [0.05, 0.1) is 15.0 Å². The maximum atomic E-state index is 10.6. The average Bonchev–Trinajstić information content (AvgIpc) is 3.30. The second kappa shape index (κ2) is 24.7. The smallest absolute Gasteiger partial charge is 0.251 e. The molecule has 198 valence electrons. The van der Waals surface area contributed by atoms with Crippen molar-refractivity contribution in [1.82, 2.24) is 4.98 Å². The van der Waals surface area contributed by atoms with E-state index in [1.807, 2.05) is 36.4 Å². The van der Waals surface area contributed by atoms with Gasteiger partial charge in [0.2, 0.25) is 15.9 Å². The third-order valence-electron chi connectivity index (χ3n) is 2.82. The Balaban J connectivity index is -0.000000178. The molecule has 0 aliphatic carbocycles. The summed E-state index contributed by atoms with van der Waals surface area (Å²) in [4.78, 5) is 4.16. The molecule has 0 fully saturated rings. The van der Waals surface area contributed by atoms with E-state index in [1.54, 1.807) is 30.7 Å². The molecule has 0 saturated carbocycles. The monoisotopic (exact) mass is 660 g/mol. The minimum absolute atomic E-state index is 0. The number of hydrogen-bond donors (Lipinski definition) is 5. The first-order valence-corrected chi connectivity index (χ1v) is 12.6. The summed E-state index contributed by atoms with van der Waals surface area (Å²) in [7, 11) is -3.50. The predicted molar refractivity (Wildman–Crippen MR) is 157 cm³/mol. The first-order chi connectivity index (χ1) is 15.4. The summed E-state index contributed by atoms with van der Waals surface area (Å²) in [5, 5.41) is 19.0. The van der Waals surface area contributed by atoms with Crippen molar-refractivity contribution >= 4 is 67.4 Å². The lowest BCUT2D eigenvalue weighted by Crippen LogP contribution is -2.11. The van der Waals surface area contributed by atoms with E-state index in [0.29, 0.717) is 3.92 Å². The van der Waals surface area contributed by atoms with E-state index < -0.39 is 20.4 Å². The Bertz CT molecular complexity index is 934. The number of halogens is 1. The normalized spacial score (nSPS) is 9.46. The van der Waals surface area contributed by atoms with Crippen LogP contribution in [-0.4, -0.2) is 39.4 Å². The standard InChI is InChI=1S/C6H8INO.C6H7NO2S.C6H6.2CH3NOS.CH4.H2O/c1-2-5(7)6-8-3-4-9-6;7-10(8,9)6-4-2-1-3-5-6;1-2-4-6-5-3-1;2*2-1(3)4;;/h3-5H,2H2,1H3;1-5H,(H2,7,8,9);1-6H;2*(H3,2,3,4);1H4;1H2. The van der Waals surface area contributed by atoms with Gasteiger partial charge < -0.3 is 31.6 Å². The van der Waals surface area contributed by atoms with Crippen LogP contribution in [0.4, 0.5) is 0 Å². The highest BCUT2D eigenvalue weighted by molar-refractivity contribution is 14.1. The SMILES string of the molecule is C.CCC(I)c1ncco1.NC(O)=S.NC(O)=S.NS(=O)(=O)c1ccccc1.O.c1ccccc1. The number of aliphatic hydroxyl groups is 2. The fourth-order valence-electron chi connectivity index (χ4n) is 1.56. The number of thiocarbonyl (C=S) groups is 2. The van der Waals surface area contributed by atoms with Crippen LogP contribution < -0.4 is 16.6 Å². The van der Waals surface area contributed by atoms with Crippen LogP contribution in [0, 0.1) is 0 Å². The molecule has 0 saturated heterocycles. The van der Waals surface area contributed by atoms with E-state index in [0.717, 1.165) is 12.3 Å². The molecular formula is C21H33IN4O6S3. The molecule has 0 amide bonds. The highest BCUT2D eigenvalue weighted by atomic mass is 127. The molecule has 1 heterocycles.